The van der Waals surface area contributed by atoms with Crippen LogP contribution in [0.25, 0.3) is 0 Å². The number of ether oxygens (including phenoxy) is 2. The molecule has 0 amide bonds. The van der Waals surface area contributed by atoms with Gasteiger partial charge in [0.2, 0.25) is 0 Å². The van der Waals surface area contributed by atoms with Gasteiger partial charge in [0, 0.05) is 26.4 Å². The van der Waals surface area contributed by atoms with Crippen LogP contribution in [0.1, 0.15) is 51.4 Å². The van der Waals surface area contributed by atoms with E-state index in [9.17, 15) is 0 Å². The standard InChI is InChI=1S/C17H30O3/c18-12-9-15-19-13-7-2-1-3-8-14-20-16-17-10-5-4-6-11-17/h5,10-11,18H,1-4,6-9,12-16H2. The molecular formula is C17H30O3. The number of aliphatic hydroxyl groups is 1. The van der Waals surface area contributed by atoms with Crippen LogP contribution < -0.4 is 0 Å². The number of hydrogen-bond donors (Lipinski definition) is 1. The second-order valence-corrected chi connectivity index (χ2v) is 5.27. The molecule has 0 unspecified atom stereocenters. The first-order chi connectivity index (χ1) is 9.93. The second kappa shape index (κ2) is 13.3. The summed E-state index contributed by atoms with van der Waals surface area (Å²) in [5.41, 5.74) is 1.33. The zero-order valence-corrected chi connectivity index (χ0v) is 12.7. The molecule has 0 aromatic rings. The van der Waals surface area contributed by atoms with Gasteiger partial charge in [0.15, 0.2) is 0 Å². The first-order valence-corrected chi connectivity index (χ1v) is 8.05. The highest BCUT2D eigenvalue weighted by molar-refractivity contribution is 5.22. The molecule has 0 aliphatic heterocycles. The molecule has 0 aromatic carbocycles. The maximum Gasteiger partial charge on any atom is 0.0713 e. The quantitative estimate of drug-likeness (QED) is 0.524. The van der Waals surface area contributed by atoms with Crippen LogP contribution in [0, 0.1) is 0 Å². The molecule has 0 saturated carbocycles. The Kier molecular flexibility index (Phi) is 11.6. The summed E-state index contributed by atoms with van der Waals surface area (Å²) in [6, 6.07) is 0. The highest BCUT2D eigenvalue weighted by Gasteiger charge is 1.97. The van der Waals surface area contributed by atoms with Gasteiger partial charge >= 0.3 is 0 Å². The lowest BCUT2D eigenvalue weighted by molar-refractivity contribution is 0.112. The Morgan fingerprint density at radius 2 is 1.55 bits per heavy atom. The van der Waals surface area contributed by atoms with E-state index in [1.165, 1.54) is 31.3 Å². The molecule has 0 radical (unpaired) electrons. The topological polar surface area (TPSA) is 38.7 Å². The van der Waals surface area contributed by atoms with E-state index < -0.39 is 0 Å². The first kappa shape index (κ1) is 17.4. The van der Waals surface area contributed by atoms with Gasteiger partial charge in [-0.2, -0.15) is 0 Å². The van der Waals surface area contributed by atoms with Gasteiger partial charge in [-0.05, 0) is 37.7 Å². The first-order valence-electron chi connectivity index (χ1n) is 8.05. The van der Waals surface area contributed by atoms with Crippen LogP contribution in [0.2, 0.25) is 0 Å². The molecule has 0 bridgehead atoms. The number of unbranched alkanes of at least 4 members (excludes halogenated alkanes) is 4. The average molecular weight is 282 g/mol. The van der Waals surface area contributed by atoms with Gasteiger partial charge in [-0.15, -0.1) is 0 Å². The molecule has 1 rings (SSSR count). The molecule has 1 aliphatic rings. The SMILES string of the molecule is OCCCOCCCCCCCOCC1=CCCC=C1. The predicted octanol–water partition coefficient (Wildman–Crippen LogP) is 3.63. The molecule has 3 heteroatoms. The second-order valence-electron chi connectivity index (χ2n) is 5.27. The van der Waals surface area contributed by atoms with Gasteiger partial charge in [0.1, 0.15) is 0 Å². The Morgan fingerprint density at radius 3 is 2.25 bits per heavy atom. The molecule has 3 nitrogen and oxygen atoms in total. The molecule has 0 atom stereocenters. The van der Waals surface area contributed by atoms with Crippen LogP contribution in [0.4, 0.5) is 0 Å². The minimum absolute atomic E-state index is 0.229. The molecule has 0 fully saturated rings. The lowest BCUT2D eigenvalue weighted by atomic mass is 10.1. The number of allylic oxidation sites excluding steroid dienone is 2. The monoisotopic (exact) mass is 282 g/mol. The molecule has 1 N–H and O–H groups in total. The van der Waals surface area contributed by atoms with Crippen LogP contribution in [-0.4, -0.2) is 38.1 Å². The van der Waals surface area contributed by atoms with Crippen LogP contribution in [-0.2, 0) is 9.47 Å². The summed E-state index contributed by atoms with van der Waals surface area (Å²) in [5.74, 6) is 0. The molecule has 20 heavy (non-hydrogen) atoms. The maximum atomic E-state index is 8.59. The molecule has 1 aliphatic carbocycles. The molecule has 0 aromatic heterocycles. The summed E-state index contributed by atoms with van der Waals surface area (Å²) < 4.78 is 11.1. The molecule has 0 saturated heterocycles. The van der Waals surface area contributed by atoms with Crippen LogP contribution in [0.15, 0.2) is 23.8 Å². The summed E-state index contributed by atoms with van der Waals surface area (Å²) in [7, 11) is 0. The third-order valence-corrected chi connectivity index (χ3v) is 3.36. The van der Waals surface area contributed by atoms with Crippen molar-refractivity contribution in [2.75, 3.05) is 33.0 Å². The average Bonchev–Trinajstić information content (AvgIpc) is 2.49. The highest BCUT2D eigenvalue weighted by Crippen LogP contribution is 2.10. The van der Waals surface area contributed by atoms with Gasteiger partial charge in [-0.3, -0.25) is 0 Å². The summed E-state index contributed by atoms with van der Waals surface area (Å²) in [5, 5.41) is 8.59. The normalized spacial score (nSPS) is 14.6. The molecule has 116 valence electrons. The Labute approximate surface area is 123 Å². The van der Waals surface area contributed by atoms with Gasteiger partial charge in [0.25, 0.3) is 0 Å². The minimum atomic E-state index is 0.229. The summed E-state index contributed by atoms with van der Waals surface area (Å²) in [4.78, 5) is 0. The van der Waals surface area contributed by atoms with Crippen molar-refractivity contribution in [2.24, 2.45) is 0 Å². The van der Waals surface area contributed by atoms with Gasteiger partial charge < -0.3 is 14.6 Å². The van der Waals surface area contributed by atoms with E-state index in [1.54, 1.807) is 0 Å². The van der Waals surface area contributed by atoms with E-state index in [0.29, 0.717) is 6.61 Å². The van der Waals surface area contributed by atoms with Gasteiger partial charge in [-0.1, -0.05) is 37.5 Å². The third kappa shape index (κ3) is 10.2. The smallest absolute Gasteiger partial charge is 0.0713 e. The van der Waals surface area contributed by atoms with Gasteiger partial charge in [-0.25, -0.2) is 0 Å². The predicted molar refractivity (Wildman–Crippen MR) is 82.9 cm³/mol. The van der Waals surface area contributed by atoms with Crippen LogP contribution in [0.5, 0.6) is 0 Å². The van der Waals surface area contributed by atoms with E-state index in [0.717, 1.165) is 45.5 Å². The van der Waals surface area contributed by atoms with Crippen molar-refractivity contribution < 1.29 is 14.6 Å². The highest BCUT2D eigenvalue weighted by atomic mass is 16.5. The fraction of sp³-hybridized carbons (Fsp3) is 0.765. The van der Waals surface area contributed by atoms with E-state index >= 15 is 0 Å². The number of aliphatic hydroxyl groups excluding tert-OH is 1. The van der Waals surface area contributed by atoms with Gasteiger partial charge in [0.05, 0.1) is 6.61 Å². The van der Waals surface area contributed by atoms with E-state index in [4.69, 9.17) is 14.6 Å². The maximum absolute atomic E-state index is 8.59. The largest absolute Gasteiger partial charge is 0.396 e. The minimum Gasteiger partial charge on any atom is -0.396 e. The number of rotatable bonds is 13. The van der Waals surface area contributed by atoms with Crippen molar-refractivity contribution in [3.8, 4) is 0 Å². The molecular weight excluding hydrogens is 252 g/mol. The van der Waals surface area contributed by atoms with Crippen molar-refractivity contribution in [3.63, 3.8) is 0 Å². The zero-order valence-electron chi connectivity index (χ0n) is 12.7. The Morgan fingerprint density at radius 1 is 0.850 bits per heavy atom. The Bertz CT molecular complexity index is 271. The zero-order chi connectivity index (χ0) is 14.3. The third-order valence-electron chi connectivity index (χ3n) is 3.36. The summed E-state index contributed by atoms with van der Waals surface area (Å²) >= 11 is 0. The fourth-order valence-electron chi connectivity index (χ4n) is 2.17. The lowest BCUT2D eigenvalue weighted by Gasteiger charge is -2.08. The molecule has 0 heterocycles. The van der Waals surface area contributed by atoms with Crippen molar-refractivity contribution in [1.82, 2.24) is 0 Å². The lowest BCUT2D eigenvalue weighted by Crippen LogP contribution is -2.01. The Hall–Kier alpha value is -0.640. The van der Waals surface area contributed by atoms with Crippen LogP contribution in [0.3, 0.4) is 0 Å². The fourth-order valence-corrected chi connectivity index (χ4v) is 2.17. The molecule has 0 spiro atoms. The van der Waals surface area contributed by atoms with Crippen LogP contribution >= 0.6 is 0 Å². The van der Waals surface area contributed by atoms with Crippen molar-refractivity contribution >= 4 is 0 Å². The van der Waals surface area contributed by atoms with E-state index in [-0.39, 0.29) is 6.61 Å². The van der Waals surface area contributed by atoms with Crippen molar-refractivity contribution in [3.05, 3.63) is 23.8 Å². The van der Waals surface area contributed by atoms with E-state index in [2.05, 4.69) is 18.2 Å². The number of hydrogen-bond acceptors (Lipinski definition) is 3. The van der Waals surface area contributed by atoms with Crippen molar-refractivity contribution in [2.45, 2.75) is 51.4 Å². The summed E-state index contributed by atoms with van der Waals surface area (Å²) in [6.45, 7) is 3.39. The summed E-state index contributed by atoms with van der Waals surface area (Å²) in [6.07, 6.45) is 15.8. The Balaban J connectivity index is 1.74. The van der Waals surface area contributed by atoms with Crippen molar-refractivity contribution in [1.29, 1.82) is 0 Å². The van der Waals surface area contributed by atoms with E-state index in [1.807, 2.05) is 0 Å².